The van der Waals surface area contributed by atoms with Crippen LogP contribution in [-0.4, -0.2) is 87.1 Å². The summed E-state index contributed by atoms with van der Waals surface area (Å²) in [5.41, 5.74) is 5.88. The fraction of sp³-hybridized carbons (Fsp3) is 0.583. The van der Waals surface area contributed by atoms with Crippen molar-refractivity contribution < 1.29 is 18.6 Å². The largest absolute Gasteiger partial charge is 0.476 e. The molecule has 4 aromatic rings. The zero-order valence-corrected chi connectivity index (χ0v) is 32.0. The molecule has 268 valence electrons. The Balaban J connectivity index is 1.50. The van der Waals surface area contributed by atoms with E-state index >= 15 is 0 Å². The van der Waals surface area contributed by atoms with Crippen molar-refractivity contribution in [2.24, 2.45) is 7.05 Å². The van der Waals surface area contributed by atoms with Crippen molar-refractivity contribution in [3.8, 4) is 29.1 Å². The van der Waals surface area contributed by atoms with Gasteiger partial charge >= 0.3 is 0 Å². The Labute approximate surface area is 295 Å². The minimum atomic E-state index is -1.98. The summed E-state index contributed by atoms with van der Waals surface area (Å²) < 4.78 is 31.0. The number of aryl methyl sites for hydroxylation is 2. The molecule has 2 bridgehead atoms. The standard InChI is InChI=1S/C36H51N9O4Si/c1-24-23-48-35-33(25(2)39-43(35)7)29-20-27-28(40-45(30(27)21-38-29)32-12-10-11-17-46-32)14-13-26-31(22-42(24)6)44(41-34(26)47-18-15-37)16-19-49-50(8,9)36(3,4)5/h13-14,20-21,24,32H,10-12,16-19,22-23H2,1-9H3/b14-13-/t24-,32?/m0/s1. The van der Waals surface area contributed by atoms with Crippen LogP contribution in [0.1, 0.15) is 75.8 Å². The number of rotatable bonds is 7. The van der Waals surface area contributed by atoms with E-state index in [1.165, 1.54) is 0 Å². The van der Waals surface area contributed by atoms with Crippen molar-refractivity contribution in [2.45, 2.75) is 97.4 Å². The first kappa shape index (κ1) is 35.8. The zero-order valence-electron chi connectivity index (χ0n) is 31.0. The second-order valence-corrected chi connectivity index (χ2v) is 19.8. The molecule has 1 saturated heterocycles. The van der Waals surface area contributed by atoms with Crippen LogP contribution in [0.5, 0.6) is 11.8 Å². The van der Waals surface area contributed by atoms with E-state index < -0.39 is 8.32 Å². The van der Waals surface area contributed by atoms with Crippen molar-refractivity contribution in [3.05, 3.63) is 34.9 Å². The molecule has 0 aromatic carbocycles. The van der Waals surface area contributed by atoms with Gasteiger partial charge in [-0.25, -0.2) is 9.36 Å². The van der Waals surface area contributed by atoms with Crippen molar-refractivity contribution in [3.63, 3.8) is 0 Å². The molecule has 0 radical (unpaired) electrons. The summed E-state index contributed by atoms with van der Waals surface area (Å²) >= 11 is 0. The summed E-state index contributed by atoms with van der Waals surface area (Å²) in [5.74, 6) is 1.08. The summed E-state index contributed by atoms with van der Waals surface area (Å²) in [7, 11) is 2.00. The minimum Gasteiger partial charge on any atom is -0.476 e. The molecule has 4 aromatic heterocycles. The van der Waals surface area contributed by atoms with Crippen molar-refractivity contribution >= 4 is 31.4 Å². The molecule has 1 fully saturated rings. The quantitative estimate of drug-likeness (QED) is 0.201. The lowest BCUT2D eigenvalue weighted by Gasteiger charge is -2.36. The highest BCUT2D eigenvalue weighted by Gasteiger charge is 2.37. The Morgan fingerprint density at radius 1 is 1.12 bits per heavy atom. The number of hydrogen-bond donors (Lipinski definition) is 0. The fourth-order valence-corrected chi connectivity index (χ4v) is 7.29. The molecular weight excluding hydrogens is 651 g/mol. The van der Waals surface area contributed by atoms with Crippen LogP contribution in [-0.2, 0) is 29.3 Å². The first-order valence-electron chi connectivity index (χ1n) is 17.6. The van der Waals surface area contributed by atoms with Crippen molar-refractivity contribution in [2.75, 3.05) is 33.5 Å². The van der Waals surface area contributed by atoms with Gasteiger partial charge in [-0.15, -0.1) is 5.10 Å². The Hall–Kier alpha value is -4.03. The Bertz CT molecular complexity index is 1910. The van der Waals surface area contributed by atoms with E-state index in [2.05, 4.69) is 64.9 Å². The number of likely N-dealkylation sites (N-methyl/N-ethyl adjacent to an activating group) is 1. The topological polar surface area (TPSA) is 130 Å². The maximum atomic E-state index is 9.46. The van der Waals surface area contributed by atoms with E-state index in [1.807, 2.05) is 41.7 Å². The maximum Gasteiger partial charge on any atom is 0.241 e. The third-order valence-electron chi connectivity index (χ3n) is 10.4. The predicted molar refractivity (Wildman–Crippen MR) is 195 cm³/mol. The van der Waals surface area contributed by atoms with E-state index in [0.29, 0.717) is 44.7 Å². The fourth-order valence-electron chi connectivity index (χ4n) is 6.25. The molecule has 1 unspecified atom stereocenters. The third kappa shape index (κ3) is 7.09. The van der Waals surface area contributed by atoms with Crippen LogP contribution in [0, 0.1) is 18.3 Å². The van der Waals surface area contributed by atoms with Crippen LogP contribution in [0.4, 0.5) is 0 Å². The third-order valence-corrected chi connectivity index (χ3v) is 14.9. The highest BCUT2D eigenvalue weighted by molar-refractivity contribution is 6.74. The maximum absolute atomic E-state index is 9.46. The summed E-state index contributed by atoms with van der Waals surface area (Å²) in [4.78, 5) is 7.16. The van der Waals surface area contributed by atoms with Crippen LogP contribution in [0.2, 0.25) is 18.1 Å². The Morgan fingerprint density at radius 2 is 1.92 bits per heavy atom. The van der Waals surface area contributed by atoms with Crippen LogP contribution in [0.3, 0.4) is 0 Å². The van der Waals surface area contributed by atoms with Gasteiger partial charge in [-0.2, -0.15) is 15.5 Å². The van der Waals surface area contributed by atoms with Gasteiger partial charge in [0.05, 0.1) is 58.8 Å². The first-order valence-corrected chi connectivity index (χ1v) is 20.5. The number of aromatic nitrogens is 7. The van der Waals surface area contributed by atoms with Gasteiger partial charge in [0.1, 0.15) is 12.7 Å². The minimum absolute atomic E-state index is 0.0290. The average molecular weight is 702 g/mol. The molecule has 2 aliphatic heterocycles. The molecular formula is C36H51N9O4Si. The lowest BCUT2D eigenvalue weighted by atomic mass is 10.1. The lowest BCUT2D eigenvalue weighted by molar-refractivity contribution is -0.0367. The van der Waals surface area contributed by atoms with E-state index in [0.717, 1.165) is 64.1 Å². The molecule has 0 spiro atoms. The summed E-state index contributed by atoms with van der Waals surface area (Å²) in [6, 6.07) is 4.21. The highest BCUT2D eigenvalue weighted by atomic mass is 28.4. The number of fused-ring (bicyclic) bond motifs is 4. The predicted octanol–water partition coefficient (Wildman–Crippen LogP) is 6.34. The highest BCUT2D eigenvalue weighted by Crippen LogP contribution is 2.38. The number of nitrogens with zero attached hydrogens (tertiary/aromatic N) is 9. The lowest BCUT2D eigenvalue weighted by Crippen LogP contribution is -2.41. The average Bonchev–Trinajstić information content (AvgIpc) is 3.70. The van der Waals surface area contributed by atoms with Crippen LogP contribution >= 0.6 is 0 Å². The van der Waals surface area contributed by atoms with Crippen molar-refractivity contribution in [1.29, 1.82) is 5.26 Å². The molecule has 2 atom stereocenters. The first-order chi connectivity index (χ1) is 23.8. The van der Waals surface area contributed by atoms with E-state index in [-0.39, 0.29) is 23.9 Å². The molecule has 50 heavy (non-hydrogen) atoms. The molecule has 14 heteroatoms. The summed E-state index contributed by atoms with van der Waals surface area (Å²) in [6.45, 7) is 18.0. The SMILES string of the molecule is Cc1nn(C)c2c1-c1cc3c(nn(C4CCCCO4)c3cn1)/C=C\c1c(OCC#N)nn(CCO[Si](C)(C)C(C)(C)C)c1CN(C)[C@@H](C)CO2. The van der Waals surface area contributed by atoms with Gasteiger partial charge < -0.3 is 18.6 Å². The van der Waals surface area contributed by atoms with Crippen LogP contribution in [0.15, 0.2) is 12.3 Å². The van der Waals surface area contributed by atoms with Crippen LogP contribution in [0.25, 0.3) is 34.3 Å². The normalized spacial score (nSPS) is 19.7. The monoisotopic (exact) mass is 701 g/mol. The molecule has 0 N–H and O–H groups in total. The van der Waals surface area contributed by atoms with Gasteiger partial charge in [0.2, 0.25) is 11.8 Å². The second-order valence-electron chi connectivity index (χ2n) is 15.0. The number of hydrogen-bond acceptors (Lipinski definition) is 10. The van der Waals surface area contributed by atoms with Crippen LogP contribution < -0.4 is 9.47 Å². The van der Waals surface area contributed by atoms with Gasteiger partial charge in [-0.3, -0.25) is 14.6 Å². The number of pyridine rings is 1. The van der Waals surface area contributed by atoms with E-state index in [4.69, 9.17) is 38.9 Å². The summed E-state index contributed by atoms with van der Waals surface area (Å²) in [6.07, 6.45) is 8.74. The molecule has 0 aliphatic carbocycles. The molecule has 13 nitrogen and oxygen atoms in total. The molecule has 2 aliphatic rings. The Kier molecular flexibility index (Phi) is 10.2. The summed E-state index contributed by atoms with van der Waals surface area (Å²) in [5, 5.41) is 25.2. The van der Waals surface area contributed by atoms with E-state index in [9.17, 15) is 5.26 Å². The molecule has 6 heterocycles. The smallest absolute Gasteiger partial charge is 0.241 e. The van der Waals surface area contributed by atoms with Gasteiger partial charge in [-0.05, 0) is 76.5 Å². The molecule has 0 saturated carbocycles. The number of nitriles is 1. The van der Waals surface area contributed by atoms with Gasteiger partial charge in [0, 0.05) is 31.6 Å². The molecule has 6 rings (SSSR count). The number of ether oxygens (including phenoxy) is 3. The zero-order chi connectivity index (χ0) is 35.8. The van der Waals surface area contributed by atoms with Gasteiger partial charge in [0.15, 0.2) is 21.2 Å². The van der Waals surface area contributed by atoms with Crippen molar-refractivity contribution in [1.82, 2.24) is 39.2 Å². The van der Waals surface area contributed by atoms with Gasteiger partial charge in [-0.1, -0.05) is 20.8 Å². The Morgan fingerprint density at radius 3 is 2.64 bits per heavy atom. The second kappa shape index (κ2) is 14.3. The van der Waals surface area contributed by atoms with Gasteiger partial charge in [0.25, 0.3) is 0 Å². The van der Waals surface area contributed by atoms with E-state index in [1.54, 1.807) is 4.68 Å². The molecule has 0 amide bonds.